The highest BCUT2D eigenvalue weighted by molar-refractivity contribution is 5.99. The number of pyridine rings is 1. The van der Waals surface area contributed by atoms with Crippen LogP contribution >= 0.6 is 0 Å². The van der Waals surface area contributed by atoms with E-state index >= 15 is 0 Å². The third kappa shape index (κ3) is 4.06. The van der Waals surface area contributed by atoms with E-state index in [1.54, 1.807) is 29.3 Å². The number of carbonyl (C=O) groups is 3. The van der Waals surface area contributed by atoms with Crippen molar-refractivity contribution in [1.29, 1.82) is 0 Å². The van der Waals surface area contributed by atoms with Gasteiger partial charge in [0.2, 0.25) is 5.91 Å². The molecular weight excluding hydrogens is 372 g/mol. The molecule has 1 aromatic carbocycles. The first kappa shape index (κ1) is 18.9. The average molecular weight is 394 g/mol. The summed E-state index contributed by atoms with van der Waals surface area (Å²) in [5.74, 6) is 0.245. The summed E-state index contributed by atoms with van der Waals surface area (Å²) in [6.45, 7) is 2.77. The molecule has 1 aromatic heterocycles. The van der Waals surface area contributed by atoms with Crippen LogP contribution in [0.15, 0.2) is 36.5 Å². The van der Waals surface area contributed by atoms with Crippen LogP contribution < -0.4 is 15.4 Å². The molecule has 3 amide bonds. The molecule has 1 atom stereocenters. The number of likely N-dealkylation sites (tertiary alicyclic amines) is 1. The maximum Gasteiger partial charge on any atom is 0.262 e. The van der Waals surface area contributed by atoms with Crippen LogP contribution in [-0.4, -0.2) is 47.3 Å². The number of carbonyl (C=O) groups excluding carboxylic acids is 3. The Balaban J connectivity index is 1.44. The monoisotopic (exact) mass is 394 g/mol. The zero-order valence-electron chi connectivity index (χ0n) is 16.1. The fraction of sp³-hybridized carbons (Fsp3) is 0.333. The molecule has 1 fully saturated rings. The number of aryl methyl sites for hydroxylation is 1. The lowest BCUT2D eigenvalue weighted by atomic mass is 9.96. The van der Waals surface area contributed by atoms with Gasteiger partial charge in [0.05, 0.1) is 11.6 Å². The van der Waals surface area contributed by atoms with Crippen LogP contribution in [0.25, 0.3) is 0 Å². The lowest BCUT2D eigenvalue weighted by molar-refractivity contribution is -0.121. The normalized spacial score (nSPS) is 18.3. The van der Waals surface area contributed by atoms with E-state index in [2.05, 4.69) is 15.6 Å². The minimum absolute atomic E-state index is 0.0659. The van der Waals surface area contributed by atoms with Crippen molar-refractivity contribution in [1.82, 2.24) is 9.88 Å². The highest BCUT2D eigenvalue weighted by atomic mass is 16.5. The Morgan fingerprint density at radius 2 is 2.17 bits per heavy atom. The molecule has 2 N–H and O–H groups in total. The zero-order valence-corrected chi connectivity index (χ0v) is 16.1. The van der Waals surface area contributed by atoms with Crippen molar-refractivity contribution in [3.8, 4) is 5.75 Å². The van der Waals surface area contributed by atoms with Gasteiger partial charge in [-0.25, -0.2) is 4.98 Å². The van der Waals surface area contributed by atoms with Gasteiger partial charge in [0.25, 0.3) is 11.8 Å². The van der Waals surface area contributed by atoms with Crippen molar-refractivity contribution < 1.29 is 19.1 Å². The number of nitrogens with one attached hydrogen (secondary N) is 2. The van der Waals surface area contributed by atoms with Gasteiger partial charge >= 0.3 is 0 Å². The number of piperidine rings is 1. The lowest BCUT2D eigenvalue weighted by Crippen LogP contribution is -2.44. The first-order chi connectivity index (χ1) is 14.0. The van der Waals surface area contributed by atoms with Crippen molar-refractivity contribution in [3.63, 3.8) is 0 Å². The number of benzene rings is 1. The van der Waals surface area contributed by atoms with E-state index in [9.17, 15) is 14.4 Å². The van der Waals surface area contributed by atoms with Gasteiger partial charge in [-0.15, -0.1) is 0 Å². The Morgan fingerprint density at radius 1 is 1.31 bits per heavy atom. The second-order valence-corrected chi connectivity index (χ2v) is 7.30. The number of aromatic nitrogens is 1. The second-order valence-electron chi connectivity index (χ2n) is 7.30. The number of fused-ring (bicyclic) bond motifs is 1. The molecule has 4 rings (SSSR count). The average Bonchev–Trinajstić information content (AvgIpc) is 2.74. The number of nitrogens with zero attached hydrogens (tertiary/aromatic N) is 2. The van der Waals surface area contributed by atoms with E-state index in [1.807, 2.05) is 19.1 Å². The Labute approximate surface area is 168 Å². The molecule has 2 aromatic rings. The molecule has 0 radical (unpaired) electrons. The summed E-state index contributed by atoms with van der Waals surface area (Å²) < 4.78 is 5.40. The van der Waals surface area contributed by atoms with Crippen LogP contribution in [0.1, 0.15) is 28.8 Å². The lowest BCUT2D eigenvalue weighted by Gasteiger charge is -2.32. The molecule has 0 saturated carbocycles. The van der Waals surface area contributed by atoms with Crippen LogP contribution in [0, 0.1) is 12.8 Å². The summed E-state index contributed by atoms with van der Waals surface area (Å²) in [6.07, 6.45) is 3.11. The maximum absolute atomic E-state index is 13.0. The Kier molecular flexibility index (Phi) is 5.16. The van der Waals surface area contributed by atoms with E-state index in [-0.39, 0.29) is 30.2 Å². The number of hydrogen-bond donors (Lipinski definition) is 2. The largest absolute Gasteiger partial charge is 0.482 e. The quantitative estimate of drug-likeness (QED) is 0.831. The summed E-state index contributed by atoms with van der Waals surface area (Å²) in [6, 6.07) is 8.67. The first-order valence-electron chi connectivity index (χ1n) is 9.60. The van der Waals surface area contributed by atoms with Gasteiger partial charge in [-0.1, -0.05) is 6.07 Å². The predicted octanol–water partition coefficient (Wildman–Crippen LogP) is 2.21. The predicted molar refractivity (Wildman–Crippen MR) is 107 cm³/mol. The third-order valence-corrected chi connectivity index (χ3v) is 5.19. The third-order valence-electron chi connectivity index (χ3n) is 5.19. The van der Waals surface area contributed by atoms with Crippen LogP contribution in [0.2, 0.25) is 0 Å². The van der Waals surface area contributed by atoms with Crippen molar-refractivity contribution in [2.45, 2.75) is 19.8 Å². The Morgan fingerprint density at radius 3 is 3.00 bits per heavy atom. The number of amides is 3. The van der Waals surface area contributed by atoms with E-state index in [1.165, 1.54) is 0 Å². The fourth-order valence-electron chi connectivity index (χ4n) is 3.60. The Hall–Kier alpha value is -3.42. The standard InChI is InChI=1S/C21H22N4O4/c1-13-4-2-8-22-19(13)24-20(27)15-5-3-9-25(11-15)21(28)14-6-7-16-17(10-14)29-12-18(26)23-16/h2,4,6-8,10,15H,3,5,9,11-12H2,1H3,(H,23,26)(H,22,24,27). The molecule has 2 aliphatic rings. The van der Waals surface area contributed by atoms with Crippen molar-refractivity contribution >= 4 is 29.2 Å². The molecular formula is C21H22N4O4. The summed E-state index contributed by atoms with van der Waals surface area (Å²) >= 11 is 0. The van der Waals surface area contributed by atoms with Crippen molar-refractivity contribution in [2.24, 2.45) is 5.92 Å². The van der Waals surface area contributed by atoms with Crippen molar-refractivity contribution in [3.05, 3.63) is 47.7 Å². The van der Waals surface area contributed by atoms with Crippen LogP contribution in [0.3, 0.4) is 0 Å². The number of rotatable bonds is 3. The van der Waals surface area contributed by atoms with Gasteiger partial charge in [0.1, 0.15) is 11.6 Å². The van der Waals surface area contributed by atoms with E-state index in [0.29, 0.717) is 35.9 Å². The van der Waals surface area contributed by atoms with Crippen molar-refractivity contribution in [2.75, 3.05) is 30.3 Å². The number of hydrogen-bond acceptors (Lipinski definition) is 5. The molecule has 0 aliphatic carbocycles. The minimum Gasteiger partial charge on any atom is -0.482 e. The summed E-state index contributed by atoms with van der Waals surface area (Å²) in [4.78, 5) is 43.0. The molecule has 3 heterocycles. The van der Waals surface area contributed by atoms with Gasteiger partial charge in [0, 0.05) is 24.8 Å². The molecule has 150 valence electrons. The molecule has 0 spiro atoms. The SMILES string of the molecule is Cc1cccnc1NC(=O)C1CCCN(C(=O)c2ccc3c(c2)OCC(=O)N3)C1. The highest BCUT2D eigenvalue weighted by Gasteiger charge is 2.30. The molecule has 8 heteroatoms. The second kappa shape index (κ2) is 7.90. The molecule has 8 nitrogen and oxygen atoms in total. The minimum atomic E-state index is -0.290. The van der Waals surface area contributed by atoms with Gasteiger partial charge < -0.3 is 20.3 Å². The maximum atomic E-state index is 13.0. The topological polar surface area (TPSA) is 101 Å². The van der Waals surface area contributed by atoms with Gasteiger partial charge in [-0.3, -0.25) is 14.4 Å². The first-order valence-corrected chi connectivity index (χ1v) is 9.60. The molecule has 2 aliphatic heterocycles. The van der Waals surface area contributed by atoms with Gasteiger partial charge in [-0.2, -0.15) is 0 Å². The molecule has 29 heavy (non-hydrogen) atoms. The number of ether oxygens (including phenoxy) is 1. The van der Waals surface area contributed by atoms with E-state index < -0.39 is 0 Å². The van der Waals surface area contributed by atoms with Crippen LogP contribution in [0.5, 0.6) is 5.75 Å². The molecule has 1 unspecified atom stereocenters. The van der Waals surface area contributed by atoms with Gasteiger partial charge in [-0.05, 0) is 49.6 Å². The summed E-state index contributed by atoms with van der Waals surface area (Å²) in [7, 11) is 0. The van der Waals surface area contributed by atoms with E-state index in [0.717, 1.165) is 18.4 Å². The van der Waals surface area contributed by atoms with Crippen LogP contribution in [0.4, 0.5) is 11.5 Å². The van der Waals surface area contributed by atoms with Crippen LogP contribution in [-0.2, 0) is 9.59 Å². The molecule has 1 saturated heterocycles. The Bertz CT molecular complexity index is 975. The summed E-state index contributed by atoms with van der Waals surface area (Å²) in [5, 5.41) is 5.58. The van der Waals surface area contributed by atoms with E-state index in [4.69, 9.17) is 4.74 Å². The number of anilines is 2. The fourth-order valence-corrected chi connectivity index (χ4v) is 3.60. The highest BCUT2D eigenvalue weighted by Crippen LogP contribution is 2.29. The summed E-state index contributed by atoms with van der Waals surface area (Å²) in [5.41, 5.74) is 1.92. The molecule has 0 bridgehead atoms. The zero-order chi connectivity index (χ0) is 20.4. The smallest absolute Gasteiger partial charge is 0.262 e. The van der Waals surface area contributed by atoms with Gasteiger partial charge in [0.15, 0.2) is 6.61 Å².